The van der Waals surface area contributed by atoms with Gasteiger partial charge in [0.2, 0.25) is 5.88 Å². The number of nitrogens with zero attached hydrogens (tertiary/aromatic N) is 2. The van der Waals surface area contributed by atoms with Gasteiger partial charge in [-0.2, -0.15) is 5.10 Å². The molecule has 0 fully saturated rings. The van der Waals surface area contributed by atoms with Gasteiger partial charge in [-0.1, -0.05) is 6.07 Å². The average Bonchev–Trinajstić information content (AvgIpc) is 2.83. The molecule has 0 saturated carbocycles. The van der Waals surface area contributed by atoms with Crippen molar-refractivity contribution >= 4 is 5.91 Å². The zero-order valence-electron chi connectivity index (χ0n) is 10.2. The highest BCUT2D eigenvalue weighted by atomic mass is 16.5. The summed E-state index contributed by atoms with van der Waals surface area (Å²) in [5, 5.41) is 9.37. The van der Waals surface area contributed by atoms with Gasteiger partial charge in [-0.15, -0.1) is 0 Å². The molecule has 94 valence electrons. The number of ether oxygens (including phenoxy) is 1. The number of hydrogen-bond acceptors (Lipinski definition) is 4. The van der Waals surface area contributed by atoms with E-state index in [1.165, 1.54) is 0 Å². The number of H-pyrrole nitrogens is 1. The summed E-state index contributed by atoms with van der Waals surface area (Å²) in [5.74, 6) is 0.336. The fraction of sp³-hybridized carbons (Fsp3) is 0.250. The first-order valence-electron chi connectivity index (χ1n) is 5.48. The number of amides is 1. The number of carbonyl (C=O) groups is 1. The van der Waals surface area contributed by atoms with Crippen molar-refractivity contribution in [3.05, 3.63) is 41.3 Å². The van der Waals surface area contributed by atoms with E-state index in [0.29, 0.717) is 18.1 Å². The van der Waals surface area contributed by atoms with Crippen molar-refractivity contribution in [1.29, 1.82) is 0 Å². The minimum atomic E-state index is -0.213. The summed E-state index contributed by atoms with van der Waals surface area (Å²) in [6.45, 7) is 2.25. The number of rotatable bonds is 4. The fourth-order valence-corrected chi connectivity index (χ4v) is 1.44. The lowest BCUT2D eigenvalue weighted by Crippen LogP contribution is -2.23. The van der Waals surface area contributed by atoms with Gasteiger partial charge in [-0.05, 0) is 18.6 Å². The highest BCUT2D eigenvalue weighted by molar-refractivity contribution is 5.92. The van der Waals surface area contributed by atoms with Crippen LogP contribution in [0.25, 0.3) is 0 Å². The Labute approximate surface area is 104 Å². The molecule has 1 amide bonds. The molecule has 0 radical (unpaired) electrons. The number of aryl methyl sites for hydroxylation is 1. The molecule has 0 saturated heterocycles. The van der Waals surface area contributed by atoms with Crippen LogP contribution in [0.4, 0.5) is 0 Å². The topological polar surface area (TPSA) is 79.9 Å². The number of carbonyl (C=O) groups excluding carboxylic acids is 1. The highest BCUT2D eigenvalue weighted by Gasteiger charge is 2.08. The van der Waals surface area contributed by atoms with Gasteiger partial charge in [-0.3, -0.25) is 9.89 Å². The number of methoxy groups -OCH3 is 1. The molecule has 0 aliphatic carbocycles. The van der Waals surface area contributed by atoms with Gasteiger partial charge < -0.3 is 10.1 Å². The summed E-state index contributed by atoms with van der Waals surface area (Å²) >= 11 is 0. The molecule has 18 heavy (non-hydrogen) atoms. The van der Waals surface area contributed by atoms with Gasteiger partial charge in [0.1, 0.15) is 5.69 Å². The lowest BCUT2D eigenvalue weighted by molar-refractivity contribution is 0.0946. The normalized spacial score (nSPS) is 10.1. The Morgan fingerprint density at radius 1 is 1.50 bits per heavy atom. The number of pyridine rings is 1. The molecule has 2 aromatic rings. The Hall–Kier alpha value is -2.37. The van der Waals surface area contributed by atoms with E-state index in [-0.39, 0.29) is 5.91 Å². The van der Waals surface area contributed by atoms with Crippen LogP contribution in [0.15, 0.2) is 24.4 Å². The Balaban J connectivity index is 1.92. The second kappa shape index (κ2) is 5.31. The lowest BCUT2D eigenvalue weighted by Gasteiger charge is -2.04. The minimum Gasteiger partial charge on any atom is -0.481 e. The lowest BCUT2D eigenvalue weighted by atomic mass is 10.2. The molecular formula is C12H14N4O2. The summed E-state index contributed by atoms with van der Waals surface area (Å²) in [5.41, 5.74) is 2.14. The van der Waals surface area contributed by atoms with Crippen molar-refractivity contribution in [2.45, 2.75) is 13.5 Å². The zero-order valence-corrected chi connectivity index (χ0v) is 10.2. The van der Waals surface area contributed by atoms with Crippen molar-refractivity contribution in [1.82, 2.24) is 20.5 Å². The molecule has 6 nitrogen and oxygen atoms in total. The molecule has 0 aliphatic rings. The largest absolute Gasteiger partial charge is 0.481 e. The van der Waals surface area contributed by atoms with E-state index in [1.807, 2.05) is 13.0 Å². The van der Waals surface area contributed by atoms with Crippen LogP contribution in [-0.4, -0.2) is 28.2 Å². The molecule has 0 aromatic carbocycles. The Morgan fingerprint density at radius 2 is 2.33 bits per heavy atom. The van der Waals surface area contributed by atoms with E-state index in [9.17, 15) is 4.79 Å². The second-order valence-corrected chi connectivity index (χ2v) is 3.83. The summed E-state index contributed by atoms with van der Waals surface area (Å²) in [7, 11) is 1.56. The molecule has 2 N–H and O–H groups in total. The molecule has 0 atom stereocenters. The molecule has 2 aromatic heterocycles. The predicted molar refractivity (Wildman–Crippen MR) is 65.3 cm³/mol. The van der Waals surface area contributed by atoms with Crippen molar-refractivity contribution in [2.24, 2.45) is 0 Å². The molecule has 0 spiro atoms. The van der Waals surface area contributed by atoms with Crippen molar-refractivity contribution < 1.29 is 9.53 Å². The first-order chi connectivity index (χ1) is 8.69. The average molecular weight is 246 g/mol. The predicted octanol–water partition coefficient (Wildman–Crippen LogP) is 1.05. The molecular weight excluding hydrogens is 232 g/mol. The van der Waals surface area contributed by atoms with Gasteiger partial charge in [0.25, 0.3) is 5.91 Å². The Bertz CT molecular complexity index is 533. The number of aromatic nitrogens is 3. The summed E-state index contributed by atoms with van der Waals surface area (Å²) in [6.07, 6.45) is 1.66. The standard InChI is InChI=1S/C12H14N4O2/c1-8-5-10(16-15-8)12(17)14-7-9-3-4-11(18-2)13-6-9/h3-6H,7H2,1-2H3,(H,14,17)(H,15,16). The first kappa shape index (κ1) is 12.1. The molecule has 2 rings (SSSR count). The molecule has 6 heteroatoms. The van der Waals surface area contributed by atoms with Crippen molar-refractivity contribution in [3.63, 3.8) is 0 Å². The number of hydrogen-bond donors (Lipinski definition) is 2. The second-order valence-electron chi connectivity index (χ2n) is 3.83. The summed E-state index contributed by atoms with van der Waals surface area (Å²) < 4.78 is 4.95. The van der Waals surface area contributed by atoms with Gasteiger partial charge in [0, 0.05) is 24.5 Å². The van der Waals surface area contributed by atoms with Crippen LogP contribution in [-0.2, 0) is 6.54 Å². The monoisotopic (exact) mass is 246 g/mol. The van der Waals surface area contributed by atoms with E-state index in [4.69, 9.17) is 4.74 Å². The summed E-state index contributed by atoms with van der Waals surface area (Å²) in [4.78, 5) is 15.8. The maximum absolute atomic E-state index is 11.7. The molecule has 0 aliphatic heterocycles. The third kappa shape index (κ3) is 2.85. The highest BCUT2D eigenvalue weighted by Crippen LogP contribution is 2.06. The van der Waals surface area contributed by atoms with Crippen LogP contribution >= 0.6 is 0 Å². The van der Waals surface area contributed by atoms with Gasteiger partial charge in [0.05, 0.1) is 7.11 Å². The van der Waals surface area contributed by atoms with Crippen LogP contribution in [0.2, 0.25) is 0 Å². The minimum absolute atomic E-state index is 0.213. The van der Waals surface area contributed by atoms with E-state index >= 15 is 0 Å². The molecule has 0 unspecified atom stereocenters. The maximum atomic E-state index is 11.7. The van der Waals surface area contributed by atoms with E-state index in [2.05, 4.69) is 20.5 Å². The van der Waals surface area contributed by atoms with E-state index in [1.54, 1.807) is 25.4 Å². The van der Waals surface area contributed by atoms with Crippen molar-refractivity contribution in [3.8, 4) is 5.88 Å². The van der Waals surface area contributed by atoms with Crippen LogP contribution in [0, 0.1) is 6.92 Å². The first-order valence-corrected chi connectivity index (χ1v) is 5.48. The SMILES string of the molecule is COc1ccc(CNC(=O)c2cc(C)[nH]n2)cn1. The maximum Gasteiger partial charge on any atom is 0.272 e. The Morgan fingerprint density at radius 3 is 2.89 bits per heavy atom. The van der Waals surface area contributed by atoms with Crippen LogP contribution in [0.3, 0.4) is 0 Å². The number of aromatic amines is 1. The smallest absolute Gasteiger partial charge is 0.272 e. The zero-order chi connectivity index (χ0) is 13.0. The van der Waals surface area contributed by atoms with Gasteiger partial charge >= 0.3 is 0 Å². The van der Waals surface area contributed by atoms with Crippen LogP contribution in [0.5, 0.6) is 5.88 Å². The molecule has 2 heterocycles. The third-order valence-corrected chi connectivity index (χ3v) is 2.40. The quantitative estimate of drug-likeness (QED) is 0.845. The van der Waals surface area contributed by atoms with E-state index in [0.717, 1.165) is 11.3 Å². The van der Waals surface area contributed by atoms with Crippen LogP contribution < -0.4 is 10.1 Å². The molecule has 0 bridgehead atoms. The van der Waals surface area contributed by atoms with Gasteiger partial charge in [0.15, 0.2) is 0 Å². The van der Waals surface area contributed by atoms with Gasteiger partial charge in [-0.25, -0.2) is 4.98 Å². The Kier molecular flexibility index (Phi) is 3.57. The number of nitrogens with one attached hydrogen (secondary N) is 2. The van der Waals surface area contributed by atoms with E-state index < -0.39 is 0 Å². The fourth-order valence-electron chi connectivity index (χ4n) is 1.44. The summed E-state index contributed by atoms with van der Waals surface area (Å²) in [6, 6.07) is 5.30. The third-order valence-electron chi connectivity index (χ3n) is 2.40. The van der Waals surface area contributed by atoms with Crippen LogP contribution in [0.1, 0.15) is 21.7 Å². The van der Waals surface area contributed by atoms with Crippen molar-refractivity contribution in [2.75, 3.05) is 7.11 Å².